The molecule has 76 valence electrons. The van der Waals surface area contributed by atoms with Crippen LogP contribution in [0.25, 0.3) is 0 Å². The van der Waals surface area contributed by atoms with Crippen molar-refractivity contribution in [3.8, 4) is 0 Å². The van der Waals surface area contributed by atoms with Crippen molar-refractivity contribution < 1.29 is 8.78 Å². The Hall–Kier alpha value is -1.38. The molecule has 0 saturated carbocycles. The molecule has 3 heteroatoms. The zero-order valence-corrected chi connectivity index (χ0v) is 8.06. The second-order valence-electron chi connectivity index (χ2n) is 3.14. The number of hydrogen-bond acceptors (Lipinski definition) is 1. The van der Waals surface area contributed by atoms with Gasteiger partial charge < -0.3 is 5.32 Å². The van der Waals surface area contributed by atoms with Crippen molar-refractivity contribution in [2.75, 3.05) is 11.9 Å². The van der Waals surface area contributed by atoms with Gasteiger partial charge in [0.15, 0.2) is 0 Å². The molecule has 0 saturated heterocycles. The third-order valence-corrected chi connectivity index (χ3v) is 1.82. The van der Waals surface area contributed by atoms with Gasteiger partial charge in [-0.3, -0.25) is 0 Å². The topological polar surface area (TPSA) is 12.0 Å². The van der Waals surface area contributed by atoms with E-state index in [0.29, 0.717) is 12.2 Å². The van der Waals surface area contributed by atoms with Crippen LogP contribution in [0, 0.1) is 0 Å². The zero-order valence-electron chi connectivity index (χ0n) is 8.06. The first-order chi connectivity index (χ1) is 6.54. The lowest BCUT2D eigenvalue weighted by molar-refractivity contribution is 0.0175. The number of halogens is 2. The SMILES string of the molecule is C=CCNc1cccc(C(C)(F)F)c1. The van der Waals surface area contributed by atoms with Gasteiger partial charge in [-0.25, -0.2) is 8.78 Å². The van der Waals surface area contributed by atoms with Crippen molar-refractivity contribution in [3.05, 3.63) is 42.5 Å². The normalized spacial score (nSPS) is 11.1. The summed E-state index contributed by atoms with van der Waals surface area (Å²) in [4.78, 5) is 0. The van der Waals surface area contributed by atoms with Crippen LogP contribution < -0.4 is 5.32 Å². The Kier molecular flexibility index (Phi) is 3.23. The molecule has 0 bridgehead atoms. The van der Waals surface area contributed by atoms with Gasteiger partial charge in [0, 0.05) is 24.7 Å². The van der Waals surface area contributed by atoms with Crippen LogP contribution in [0.2, 0.25) is 0 Å². The molecule has 0 amide bonds. The summed E-state index contributed by atoms with van der Waals surface area (Å²) >= 11 is 0. The van der Waals surface area contributed by atoms with Gasteiger partial charge in [-0.05, 0) is 12.1 Å². The average Bonchev–Trinajstić information content (AvgIpc) is 2.14. The van der Waals surface area contributed by atoms with Crippen LogP contribution in [0.3, 0.4) is 0 Å². The Bertz CT molecular complexity index is 315. The molecule has 0 aliphatic carbocycles. The number of hydrogen-bond donors (Lipinski definition) is 1. The van der Waals surface area contributed by atoms with E-state index in [2.05, 4.69) is 11.9 Å². The lowest BCUT2D eigenvalue weighted by atomic mass is 10.1. The summed E-state index contributed by atoms with van der Waals surface area (Å²) in [5.74, 6) is -2.79. The van der Waals surface area contributed by atoms with Gasteiger partial charge in [-0.15, -0.1) is 6.58 Å². The molecule has 0 aliphatic heterocycles. The summed E-state index contributed by atoms with van der Waals surface area (Å²) in [5, 5.41) is 2.96. The summed E-state index contributed by atoms with van der Waals surface area (Å²) in [5.41, 5.74) is 0.704. The molecule has 14 heavy (non-hydrogen) atoms. The quantitative estimate of drug-likeness (QED) is 0.729. The van der Waals surface area contributed by atoms with E-state index in [-0.39, 0.29) is 5.56 Å². The average molecular weight is 197 g/mol. The third-order valence-electron chi connectivity index (χ3n) is 1.82. The summed E-state index contributed by atoms with van der Waals surface area (Å²) in [6.07, 6.45) is 1.68. The highest BCUT2D eigenvalue weighted by Gasteiger charge is 2.23. The van der Waals surface area contributed by atoms with Crippen LogP contribution in [0.5, 0.6) is 0 Å². The Morgan fingerprint density at radius 1 is 1.50 bits per heavy atom. The van der Waals surface area contributed by atoms with E-state index in [1.807, 2.05) is 0 Å². The number of alkyl halides is 2. The van der Waals surface area contributed by atoms with Gasteiger partial charge in [0.1, 0.15) is 0 Å². The van der Waals surface area contributed by atoms with E-state index < -0.39 is 5.92 Å². The van der Waals surface area contributed by atoms with Crippen molar-refractivity contribution in [2.45, 2.75) is 12.8 Å². The fourth-order valence-corrected chi connectivity index (χ4v) is 1.09. The molecule has 1 rings (SSSR count). The minimum atomic E-state index is -2.79. The monoisotopic (exact) mass is 197 g/mol. The van der Waals surface area contributed by atoms with Crippen LogP contribution in [-0.4, -0.2) is 6.54 Å². The predicted octanol–water partition coefficient (Wildman–Crippen LogP) is 3.40. The van der Waals surface area contributed by atoms with Gasteiger partial charge in [-0.2, -0.15) is 0 Å². The number of anilines is 1. The van der Waals surface area contributed by atoms with Crippen molar-refractivity contribution in [3.63, 3.8) is 0 Å². The van der Waals surface area contributed by atoms with Gasteiger partial charge >= 0.3 is 0 Å². The van der Waals surface area contributed by atoms with Crippen LogP contribution in [0.4, 0.5) is 14.5 Å². The van der Waals surface area contributed by atoms with Crippen molar-refractivity contribution in [1.82, 2.24) is 0 Å². The summed E-state index contributed by atoms with van der Waals surface area (Å²) in [6.45, 7) is 4.99. The molecule has 0 atom stereocenters. The van der Waals surface area contributed by atoms with E-state index >= 15 is 0 Å². The van der Waals surface area contributed by atoms with Crippen molar-refractivity contribution in [2.24, 2.45) is 0 Å². The summed E-state index contributed by atoms with van der Waals surface area (Å²) in [6, 6.07) is 6.22. The van der Waals surface area contributed by atoms with Crippen molar-refractivity contribution >= 4 is 5.69 Å². The number of rotatable bonds is 4. The molecule has 0 aromatic heterocycles. The van der Waals surface area contributed by atoms with E-state index in [1.54, 1.807) is 18.2 Å². The fourth-order valence-electron chi connectivity index (χ4n) is 1.09. The van der Waals surface area contributed by atoms with Crippen LogP contribution >= 0.6 is 0 Å². The summed E-state index contributed by atoms with van der Waals surface area (Å²) < 4.78 is 25.8. The van der Waals surface area contributed by atoms with E-state index in [0.717, 1.165) is 6.92 Å². The maximum atomic E-state index is 12.9. The molecule has 0 fully saturated rings. The highest BCUT2D eigenvalue weighted by Crippen LogP contribution is 2.28. The highest BCUT2D eigenvalue weighted by molar-refractivity contribution is 5.47. The molecule has 1 N–H and O–H groups in total. The molecule has 0 radical (unpaired) electrons. The zero-order chi connectivity index (χ0) is 10.6. The molecule has 0 unspecified atom stereocenters. The Morgan fingerprint density at radius 2 is 2.21 bits per heavy atom. The molecule has 1 nitrogen and oxygen atoms in total. The first-order valence-corrected chi connectivity index (χ1v) is 4.37. The largest absolute Gasteiger partial charge is 0.382 e. The minimum absolute atomic E-state index is 0.0200. The molecule has 0 aliphatic rings. The third kappa shape index (κ3) is 2.83. The Morgan fingerprint density at radius 3 is 2.79 bits per heavy atom. The van der Waals surface area contributed by atoms with E-state index in [4.69, 9.17) is 0 Å². The van der Waals surface area contributed by atoms with Gasteiger partial charge in [0.05, 0.1) is 0 Å². The lowest BCUT2D eigenvalue weighted by Crippen LogP contribution is -2.07. The minimum Gasteiger partial charge on any atom is -0.382 e. The highest BCUT2D eigenvalue weighted by atomic mass is 19.3. The maximum Gasteiger partial charge on any atom is 0.270 e. The molecule has 1 aromatic rings. The van der Waals surface area contributed by atoms with Gasteiger partial charge in [0.2, 0.25) is 0 Å². The fraction of sp³-hybridized carbons (Fsp3) is 0.273. The molecular formula is C11H13F2N. The molecular weight excluding hydrogens is 184 g/mol. The Labute approximate surface area is 82.4 Å². The molecule has 0 heterocycles. The van der Waals surface area contributed by atoms with E-state index in [9.17, 15) is 8.78 Å². The van der Waals surface area contributed by atoms with Crippen LogP contribution in [0.15, 0.2) is 36.9 Å². The first-order valence-electron chi connectivity index (χ1n) is 4.37. The second kappa shape index (κ2) is 4.22. The Balaban J connectivity index is 2.84. The summed E-state index contributed by atoms with van der Waals surface area (Å²) in [7, 11) is 0. The maximum absolute atomic E-state index is 12.9. The molecule has 0 spiro atoms. The lowest BCUT2D eigenvalue weighted by Gasteiger charge is -2.12. The number of benzene rings is 1. The van der Waals surface area contributed by atoms with E-state index in [1.165, 1.54) is 12.1 Å². The standard InChI is InChI=1S/C11H13F2N/c1-3-7-14-10-6-4-5-9(8-10)11(2,12)13/h3-6,8,14H,1,7H2,2H3. The molecule has 1 aromatic carbocycles. The smallest absolute Gasteiger partial charge is 0.270 e. The van der Waals surface area contributed by atoms with Crippen LogP contribution in [-0.2, 0) is 5.92 Å². The predicted molar refractivity (Wildman–Crippen MR) is 54.7 cm³/mol. The van der Waals surface area contributed by atoms with Crippen molar-refractivity contribution in [1.29, 1.82) is 0 Å². The van der Waals surface area contributed by atoms with Gasteiger partial charge in [0.25, 0.3) is 5.92 Å². The van der Waals surface area contributed by atoms with Crippen LogP contribution in [0.1, 0.15) is 12.5 Å². The number of nitrogens with one attached hydrogen (secondary N) is 1. The van der Waals surface area contributed by atoms with Gasteiger partial charge in [-0.1, -0.05) is 18.2 Å². The second-order valence-corrected chi connectivity index (χ2v) is 3.14. The first kappa shape index (κ1) is 10.7.